The van der Waals surface area contributed by atoms with E-state index in [0.717, 1.165) is 4.90 Å². The summed E-state index contributed by atoms with van der Waals surface area (Å²) in [5.41, 5.74) is 1.96. The minimum Gasteiger partial charge on any atom is -0.445 e. The Kier molecular flexibility index (Phi) is 6.07. The van der Waals surface area contributed by atoms with Crippen molar-refractivity contribution in [2.45, 2.75) is 12.6 Å². The molecule has 7 heteroatoms. The van der Waals surface area contributed by atoms with Gasteiger partial charge in [0.15, 0.2) is 6.10 Å². The average Bonchev–Trinajstić information content (AvgIpc) is 3.15. The van der Waals surface area contributed by atoms with Crippen LogP contribution in [0.15, 0.2) is 84.9 Å². The van der Waals surface area contributed by atoms with Gasteiger partial charge < -0.3 is 10.1 Å². The van der Waals surface area contributed by atoms with E-state index in [1.165, 1.54) is 0 Å². The average molecular weight is 428 g/mol. The molecule has 0 radical (unpaired) electrons. The fraction of sp³-hybridized carbons (Fsp3) is 0.120. The van der Waals surface area contributed by atoms with Crippen molar-refractivity contribution in [2.75, 3.05) is 6.54 Å². The molecule has 1 N–H and O–H groups in total. The van der Waals surface area contributed by atoms with Gasteiger partial charge in [-0.2, -0.15) is 0 Å². The van der Waals surface area contributed by atoms with Gasteiger partial charge in [-0.05, 0) is 17.7 Å². The molecule has 4 rings (SSSR count). The lowest BCUT2D eigenvalue weighted by atomic mass is 9.99. The summed E-state index contributed by atoms with van der Waals surface area (Å²) in [7, 11) is 0. The number of nitrogens with zero attached hydrogens (tertiary/aromatic N) is 1. The fourth-order valence-corrected chi connectivity index (χ4v) is 3.37. The number of ketones is 1. The van der Waals surface area contributed by atoms with Crippen molar-refractivity contribution in [1.82, 2.24) is 10.2 Å². The Morgan fingerprint density at radius 2 is 1.47 bits per heavy atom. The zero-order valence-corrected chi connectivity index (χ0v) is 17.1. The molecule has 0 aromatic heterocycles. The topological polar surface area (TPSA) is 92.8 Å². The standard InChI is InChI=1S/C25H20N2O5/c28-21-15-26-25(31)27(21)16-17-11-13-20(14-12-17)24(30)32-23(19-9-5-2-6-10-19)22(29)18-7-3-1-4-8-18/h1-14,23H,15-16H2,(H,26,31)/t23-/m1/s1. The van der Waals surface area contributed by atoms with Gasteiger partial charge in [0.1, 0.15) is 0 Å². The third-order valence-corrected chi connectivity index (χ3v) is 5.09. The second kappa shape index (κ2) is 9.26. The number of carbonyl (C=O) groups excluding carboxylic acids is 4. The Bertz CT molecular complexity index is 1130. The van der Waals surface area contributed by atoms with Crippen LogP contribution in [0.25, 0.3) is 0 Å². The minimum atomic E-state index is -1.09. The van der Waals surface area contributed by atoms with Crippen LogP contribution in [-0.4, -0.2) is 35.1 Å². The van der Waals surface area contributed by atoms with Gasteiger partial charge in [0, 0.05) is 11.1 Å². The summed E-state index contributed by atoms with van der Waals surface area (Å²) in [5, 5.41) is 2.46. The molecular formula is C25H20N2O5. The van der Waals surface area contributed by atoms with Crippen molar-refractivity contribution in [2.24, 2.45) is 0 Å². The molecule has 0 unspecified atom stereocenters. The third-order valence-electron chi connectivity index (χ3n) is 5.09. The summed E-state index contributed by atoms with van der Waals surface area (Å²) in [6, 6.07) is 23.5. The predicted octanol–water partition coefficient (Wildman–Crippen LogP) is 3.52. The third kappa shape index (κ3) is 4.57. The Balaban J connectivity index is 1.51. The van der Waals surface area contributed by atoms with Crippen LogP contribution in [0.3, 0.4) is 0 Å². The maximum absolute atomic E-state index is 13.1. The molecule has 1 aliphatic heterocycles. The molecule has 7 nitrogen and oxygen atoms in total. The summed E-state index contributed by atoms with van der Waals surface area (Å²) in [6.45, 7) is 0.0959. The summed E-state index contributed by atoms with van der Waals surface area (Å²) < 4.78 is 5.63. The summed E-state index contributed by atoms with van der Waals surface area (Å²) in [6.07, 6.45) is -1.09. The molecule has 32 heavy (non-hydrogen) atoms. The summed E-state index contributed by atoms with van der Waals surface area (Å²) in [5.74, 6) is -1.27. The van der Waals surface area contributed by atoms with Crippen LogP contribution in [0.5, 0.6) is 0 Å². The molecule has 1 aliphatic rings. The largest absolute Gasteiger partial charge is 0.445 e. The van der Waals surface area contributed by atoms with E-state index in [0.29, 0.717) is 16.7 Å². The van der Waals surface area contributed by atoms with Crippen molar-refractivity contribution in [3.8, 4) is 0 Å². The molecular weight excluding hydrogens is 408 g/mol. The second-order valence-electron chi connectivity index (χ2n) is 7.26. The van der Waals surface area contributed by atoms with Gasteiger partial charge in [-0.25, -0.2) is 9.59 Å². The number of ether oxygens (including phenoxy) is 1. The quantitative estimate of drug-likeness (QED) is 0.353. The fourth-order valence-electron chi connectivity index (χ4n) is 3.37. The predicted molar refractivity (Wildman–Crippen MR) is 116 cm³/mol. The highest BCUT2D eigenvalue weighted by Gasteiger charge is 2.29. The number of carbonyl (C=O) groups is 4. The van der Waals surface area contributed by atoms with Gasteiger partial charge in [0.2, 0.25) is 11.7 Å². The first kappa shape index (κ1) is 21.0. The molecule has 0 saturated carbocycles. The highest BCUT2D eigenvalue weighted by molar-refractivity contribution is 6.02. The van der Waals surface area contributed by atoms with E-state index in [9.17, 15) is 19.2 Å². The molecule has 1 heterocycles. The van der Waals surface area contributed by atoms with E-state index in [-0.39, 0.29) is 30.3 Å². The molecule has 3 aromatic carbocycles. The van der Waals surface area contributed by atoms with Gasteiger partial charge in [-0.15, -0.1) is 0 Å². The molecule has 1 saturated heterocycles. The molecule has 3 amide bonds. The van der Waals surface area contributed by atoms with Crippen LogP contribution in [0.2, 0.25) is 0 Å². The molecule has 0 bridgehead atoms. The van der Waals surface area contributed by atoms with Crippen LogP contribution in [0.1, 0.15) is 37.9 Å². The maximum atomic E-state index is 13.1. The smallest absolute Gasteiger partial charge is 0.339 e. The number of esters is 1. The highest BCUT2D eigenvalue weighted by atomic mass is 16.5. The van der Waals surface area contributed by atoms with Gasteiger partial charge in [0.25, 0.3) is 0 Å². The first-order valence-electron chi connectivity index (χ1n) is 10.1. The monoisotopic (exact) mass is 428 g/mol. The normalized spacial score (nSPS) is 14.1. The molecule has 0 aliphatic carbocycles. The number of hydrogen-bond donors (Lipinski definition) is 1. The number of nitrogens with one attached hydrogen (secondary N) is 1. The van der Waals surface area contributed by atoms with Crippen molar-refractivity contribution < 1.29 is 23.9 Å². The SMILES string of the molecule is O=C(O[C@@H](C(=O)c1ccccc1)c1ccccc1)c1ccc(CN2C(=O)CNC2=O)cc1. The number of rotatable bonds is 7. The van der Waals surface area contributed by atoms with E-state index in [1.807, 2.05) is 6.07 Å². The zero-order valence-electron chi connectivity index (χ0n) is 17.1. The summed E-state index contributed by atoms with van der Waals surface area (Å²) in [4.78, 5) is 50.4. The number of imide groups is 1. The Morgan fingerprint density at radius 1 is 0.844 bits per heavy atom. The van der Waals surface area contributed by atoms with Gasteiger partial charge in [-0.1, -0.05) is 72.8 Å². The van der Waals surface area contributed by atoms with Crippen molar-refractivity contribution in [3.63, 3.8) is 0 Å². The van der Waals surface area contributed by atoms with Crippen molar-refractivity contribution >= 4 is 23.7 Å². The van der Waals surface area contributed by atoms with E-state index < -0.39 is 18.1 Å². The number of amides is 3. The number of hydrogen-bond acceptors (Lipinski definition) is 5. The van der Waals surface area contributed by atoms with E-state index in [4.69, 9.17) is 4.74 Å². The van der Waals surface area contributed by atoms with Gasteiger partial charge in [0.05, 0.1) is 18.7 Å². The highest BCUT2D eigenvalue weighted by Crippen LogP contribution is 2.24. The number of benzene rings is 3. The lowest BCUT2D eigenvalue weighted by molar-refractivity contribution is -0.125. The zero-order chi connectivity index (χ0) is 22.5. The van der Waals surface area contributed by atoms with Crippen LogP contribution in [-0.2, 0) is 16.1 Å². The Morgan fingerprint density at radius 3 is 2.06 bits per heavy atom. The minimum absolute atomic E-state index is 0.0143. The van der Waals surface area contributed by atoms with Crippen LogP contribution in [0, 0.1) is 0 Å². The van der Waals surface area contributed by atoms with E-state index in [1.54, 1.807) is 78.9 Å². The Hall–Kier alpha value is -4.26. The second-order valence-corrected chi connectivity index (χ2v) is 7.26. The lowest BCUT2D eigenvalue weighted by Crippen LogP contribution is -2.30. The first-order valence-corrected chi connectivity index (χ1v) is 10.1. The van der Waals surface area contributed by atoms with Crippen molar-refractivity contribution in [1.29, 1.82) is 0 Å². The number of Topliss-reactive ketones (excluding diaryl/α,β-unsaturated/α-hetero) is 1. The number of urea groups is 1. The van der Waals surface area contributed by atoms with Gasteiger partial charge >= 0.3 is 12.0 Å². The molecule has 3 aromatic rings. The lowest BCUT2D eigenvalue weighted by Gasteiger charge is -2.18. The summed E-state index contributed by atoms with van der Waals surface area (Å²) >= 11 is 0. The van der Waals surface area contributed by atoms with Crippen LogP contribution in [0.4, 0.5) is 4.79 Å². The molecule has 1 atom stereocenters. The first-order chi connectivity index (χ1) is 15.5. The van der Waals surface area contributed by atoms with Crippen molar-refractivity contribution in [3.05, 3.63) is 107 Å². The van der Waals surface area contributed by atoms with E-state index in [2.05, 4.69) is 5.32 Å². The maximum Gasteiger partial charge on any atom is 0.339 e. The Labute approximate surface area is 184 Å². The molecule has 0 spiro atoms. The van der Waals surface area contributed by atoms with E-state index >= 15 is 0 Å². The van der Waals surface area contributed by atoms with Crippen LogP contribution >= 0.6 is 0 Å². The molecule has 1 fully saturated rings. The van der Waals surface area contributed by atoms with Gasteiger partial charge in [-0.3, -0.25) is 14.5 Å². The molecule has 160 valence electrons. The van der Waals surface area contributed by atoms with Crippen LogP contribution < -0.4 is 5.32 Å².